The van der Waals surface area contributed by atoms with E-state index in [1.807, 2.05) is 12.1 Å². The fourth-order valence-corrected chi connectivity index (χ4v) is 3.12. The van der Waals surface area contributed by atoms with Gasteiger partial charge in [0.15, 0.2) is 0 Å². The predicted octanol–water partition coefficient (Wildman–Crippen LogP) is 4.04. The van der Waals surface area contributed by atoms with Gasteiger partial charge < -0.3 is 4.84 Å². The minimum atomic E-state index is -0.425. The summed E-state index contributed by atoms with van der Waals surface area (Å²) < 4.78 is 13.3. The molecule has 3 aromatic rings. The van der Waals surface area contributed by atoms with Gasteiger partial charge >= 0.3 is 0 Å². The van der Waals surface area contributed by atoms with Crippen molar-refractivity contribution in [2.75, 3.05) is 7.11 Å². The topological polar surface area (TPSA) is 60.3 Å². The maximum Gasteiger partial charge on any atom is 0.150 e. The van der Waals surface area contributed by atoms with Crippen molar-refractivity contribution in [3.8, 4) is 21.1 Å². The molecule has 0 aliphatic carbocycles. The fraction of sp³-hybridized carbons (Fsp3) is 0.0667. The van der Waals surface area contributed by atoms with Crippen LogP contribution in [0.4, 0.5) is 4.39 Å². The van der Waals surface area contributed by atoms with Crippen molar-refractivity contribution >= 4 is 29.2 Å². The largest absolute Gasteiger partial charge is 0.399 e. The Labute approximate surface area is 140 Å². The lowest BCUT2D eigenvalue weighted by atomic mass is 10.3. The third-order valence-electron chi connectivity index (χ3n) is 2.83. The molecule has 0 N–H and O–H groups in total. The van der Waals surface area contributed by atoms with Crippen LogP contribution in [0.3, 0.4) is 0 Å². The van der Waals surface area contributed by atoms with E-state index in [0.29, 0.717) is 32.0 Å². The summed E-state index contributed by atoms with van der Waals surface area (Å²) in [7, 11) is 1.46. The summed E-state index contributed by atoms with van der Waals surface area (Å²) in [5.74, 6) is -0.425. The molecule has 3 rings (SSSR count). The Morgan fingerprint density at radius 1 is 1.30 bits per heavy atom. The summed E-state index contributed by atoms with van der Waals surface area (Å²) in [4.78, 5) is 17.9. The molecule has 3 aromatic heterocycles. The van der Waals surface area contributed by atoms with E-state index in [2.05, 4.69) is 24.9 Å². The summed E-state index contributed by atoms with van der Waals surface area (Å²) in [6.07, 6.45) is 4.17. The van der Waals surface area contributed by atoms with Crippen molar-refractivity contribution in [3.63, 3.8) is 0 Å². The third kappa shape index (κ3) is 3.52. The molecule has 0 aromatic carbocycles. The van der Waals surface area contributed by atoms with Gasteiger partial charge in [-0.25, -0.2) is 14.4 Å². The highest BCUT2D eigenvalue weighted by Gasteiger charge is 2.14. The zero-order chi connectivity index (χ0) is 16.2. The van der Waals surface area contributed by atoms with Crippen molar-refractivity contribution in [2.45, 2.75) is 0 Å². The molecule has 0 amide bonds. The van der Waals surface area contributed by atoms with E-state index in [4.69, 9.17) is 11.6 Å². The average molecular weight is 349 g/mol. The highest BCUT2D eigenvalue weighted by Crippen LogP contribution is 2.37. The zero-order valence-electron chi connectivity index (χ0n) is 11.9. The van der Waals surface area contributed by atoms with Gasteiger partial charge in [0.2, 0.25) is 0 Å². The standard InChI is InChI=1S/C15H10ClFN4OS/c1-22-19-8-11-3-2-4-12(20-11)13-14(16)21-15(23-13)9-5-10(17)7-18-6-9/h2-8H,1H3/b19-8+. The predicted molar refractivity (Wildman–Crippen MR) is 88.1 cm³/mol. The van der Waals surface area contributed by atoms with Gasteiger partial charge in [-0.1, -0.05) is 22.8 Å². The van der Waals surface area contributed by atoms with Crippen LogP contribution in [-0.4, -0.2) is 28.3 Å². The monoisotopic (exact) mass is 348 g/mol. The highest BCUT2D eigenvalue weighted by molar-refractivity contribution is 7.19. The Balaban J connectivity index is 2.00. The van der Waals surface area contributed by atoms with Crippen LogP contribution in [-0.2, 0) is 4.84 Å². The van der Waals surface area contributed by atoms with E-state index in [1.165, 1.54) is 36.9 Å². The maximum atomic E-state index is 13.3. The highest BCUT2D eigenvalue weighted by atomic mass is 35.5. The van der Waals surface area contributed by atoms with Crippen molar-refractivity contribution in [1.82, 2.24) is 15.0 Å². The van der Waals surface area contributed by atoms with Gasteiger partial charge in [-0.3, -0.25) is 4.98 Å². The smallest absolute Gasteiger partial charge is 0.150 e. The molecule has 0 saturated carbocycles. The minimum Gasteiger partial charge on any atom is -0.399 e. The van der Waals surface area contributed by atoms with Crippen molar-refractivity contribution < 1.29 is 9.23 Å². The molecule has 0 spiro atoms. The van der Waals surface area contributed by atoms with Gasteiger partial charge in [0.1, 0.15) is 23.1 Å². The average Bonchev–Trinajstić information content (AvgIpc) is 2.95. The van der Waals surface area contributed by atoms with Gasteiger partial charge in [0, 0.05) is 11.8 Å². The van der Waals surface area contributed by atoms with Crippen LogP contribution >= 0.6 is 22.9 Å². The second kappa shape index (κ2) is 6.80. The number of rotatable bonds is 4. The lowest BCUT2D eigenvalue weighted by Crippen LogP contribution is -1.90. The summed E-state index contributed by atoms with van der Waals surface area (Å²) in [5.41, 5.74) is 1.85. The number of thiazole rings is 1. The number of oxime groups is 1. The first-order valence-corrected chi connectivity index (χ1v) is 7.68. The van der Waals surface area contributed by atoms with E-state index >= 15 is 0 Å². The van der Waals surface area contributed by atoms with Crippen LogP contribution in [0.15, 0.2) is 41.8 Å². The van der Waals surface area contributed by atoms with Crippen LogP contribution in [0.25, 0.3) is 21.1 Å². The lowest BCUT2D eigenvalue weighted by Gasteiger charge is -1.98. The van der Waals surface area contributed by atoms with Crippen molar-refractivity contribution in [1.29, 1.82) is 0 Å². The molecule has 0 fully saturated rings. The first kappa shape index (κ1) is 15.5. The normalized spacial score (nSPS) is 11.1. The molecule has 0 atom stereocenters. The molecule has 3 heterocycles. The van der Waals surface area contributed by atoms with Gasteiger partial charge in [0.25, 0.3) is 0 Å². The molecule has 0 unspecified atom stereocenters. The van der Waals surface area contributed by atoms with Gasteiger partial charge in [-0.05, 0) is 18.2 Å². The third-order valence-corrected chi connectivity index (χ3v) is 4.34. The Morgan fingerprint density at radius 2 is 2.17 bits per heavy atom. The summed E-state index contributed by atoms with van der Waals surface area (Å²) in [5, 5.41) is 4.57. The number of aromatic nitrogens is 3. The van der Waals surface area contributed by atoms with Crippen LogP contribution in [0.5, 0.6) is 0 Å². The summed E-state index contributed by atoms with van der Waals surface area (Å²) >= 11 is 7.53. The molecular weight excluding hydrogens is 339 g/mol. The Kier molecular flexibility index (Phi) is 4.59. The summed E-state index contributed by atoms with van der Waals surface area (Å²) in [6, 6.07) is 6.80. The SMILES string of the molecule is CO/N=C/c1cccc(-c2sc(-c3cncc(F)c3)nc2Cl)n1. The quantitative estimate of drug-likeness (QED) is 0.527. The summed E-state index contributed by atoms with van der Waals surface area (Å²) in [6.45, 7) is 0. The molecule has 8 heteroatoms. The van der Waals surface area contributed by atoms with Crippen LogP contribution in [0.1, 0.15) is 5.69 Å². The van der Waals surface area contributed by atoms with Gasteiger partial charge in [-0.15, -0.1) is 11.3 Å². The van der Waals surface area contributed by atoms with E-state index in [9.17, 15) is 4.39 Å². The number of nitrogens with zero attached hydrogens (tertiary/aromatic N) is 4. The van der Waals surface area contributed by atoms with Gasteiger partial charge in [0.05, 0.1) is 28.7 Å². The Bertz CT molecular complexity index is 868. The van der Waals surface area contributed by atoms with E-state index in [1.54, 1.807) is 6.07 Å². The first-order valence-electron chi connectivity index (χ1n) is 6.48. The second-order valence-corrected chi connectivity index (χ2v) is 5.75. The van der Waals surface area contributed by atoms with Crippen LogP contribution < -0.4 is 0 Å². The van der Waals surface area contributed by atoms with Crippen molar-refractivity contribution in [2.24, 2.45) is 5.16 Å². The van der Waals surface area contributed by atoms with E-state index in [-0.39, 0.29) is 0 Å². The molecule has 0 aliphatic rings. The van der Waals surface area contributed by atoms with Crippen LogP contribution in [0.2, 0.25) is 5.15 Å². The number of halogens is 2. The number of pyridine rings is 2. The number of hydrogen-bond acceptors (Lipinski definition) is 6. The molecule has 23 heavy (non-hydrogen) atoms. The lowest BCUT2D eigenvalue weighted by molar-refractivity contribution is 0.215. The van der Waals surface area contributed by atoms with E-state index in [0.717, 1.165) is 6.20 Å². The number of hydrogen-bond donors (Lipinski definition) is 0. The Hall–Kier alpha value is -2.38. The first-order chi connectivity index (χ1) is 11.2. The van der Waals surface area contributed by atoms with Crippen molar-refractivity contribution in [3.05, 3.63) is 53.3 Å². The fourth-order valence-electron chi connectivity index (χ4n) is 1.87. The van der Waals surface area contributed by atoms with Crippen LogP contribution in [0, 0.1) is 5.82 Å². The maximum absolute atomic E-state index is 13.3. The zero-order valence-corrected chi connectivity index (χ0v) is 13.5. The molecule has 0 aliphatic heterocycles. The second-order valence-electron chi connectivity index (χ2n) is 4.40. The Morgan fingerprint density at radius 3 is 2.96 bits per heavy atom. The molecule has 0 radical (unpaired) electrons. The molecule has 0 saturated heterocycles. The molecular formula is C15H10ClFN4OS. The molecule has 0 bridgehead atoms. The minimum absolute atomic E-state index is 0.308. The molecule has 5 nitrogen and oxygen atoms in total. The van der Waals surface area contributed by atoms with Gasteiger partial charge in [-0.2, -0.15) is 0 Å². The van der Waals surface area contributed by atoms with E-state index < -0.39 is 5.82 Å². The molecule has 116 valence electrons.